The van der Waals surface area contributed by atoms with E-state index in [-0.39, 0.29) is 75.1 Å². The molecule has 7 heavy (non-hydrogen) atoms. The molecule has 0 aliphatic rings. The Kier molecular flexibility index (Phi) is 16.8. The smallest absolute Gasteiger partial charge is 0 e. The van der Waals surface area contributed by atoms with E-state index in [1.165, 1.54) is 0 Å². The van der Waals surface area contributed by atoms with Crippen LogP contribution < -0.4 is 0 Å². The maximum Gasteiger partial charge on any atom is 0 e. The van der Waals surface area contributed by atoms with Crippen molar-refractivity contribution >= 4 is 48.9 Å². The monoisotopic (exact) mass is 346 g/mol. The third kappa shape index (κ3) is 48.9. The van der Waals surface area contributed by atoms with Crippen molar-refractivity contribution in [3.8, 4) is 0 Å². The molecule has 0 aromatic heterocycles. The minimum absolute atomic E-state index is 0. The van der Waals surface area contributed by atoms with Crippen LogP contribution in [0.2, 0.25) is 0 Å². The molecule has 0 amide bonds. The molecule has 0 radical (unpaired) electrons. The van der Waals surface area contributed by atoms with Gasteiger partial charge in [0.25, 0.3) is 0 Å². The van der Waals surface area contributed by atoms with Gasteiger partial charge < -0.3 is 0 Å². The zero-order valence-corrected chi connectivity index (χ0v) is 6.81. The van der Waals surface area contributed by atoms with Gasteiger partial charge in [0.2, 0.25) is 0 Å². The van der Waals surface area contributed by atoms with E-state index in [1.807, 2.05) is 0 Å². The first-order chi connectivity index (χ1) is 2.00. The Hall–Kier alpha value is 3.01. The molecule has 0 fully saturated rings. The molecule has 0 rings (SSSR count). The van der Waals surface area contributed by atoms with E-state index < -0.39 is 18.1 Å². The fraction of sp³-hybridized carbons (Fsp3) is 0. The van der Waals surface area contributed by atoms with Gasteiger partial charge in [0, 0.05) is 26.2 Å². The van der Waals surface area contributed by atoms with Crippen LogP contribution in [0.3, 0.4) is 0 Å². The first-order valence-corrected chi connectivity index (χ1v) is 3.69. The summed E-state index contributed by atoms with van der Waals surface area (Å²) in [5.74, 6) is 0. The Bertz CT molecular complexity index is 27.2. The van der Waals surface area contributed by atoms with E-state index in [2.05, 4.69) is 0 Å². The predicted octanol–water partition coefficient (Wildman–Crippen LogP) is -3.15. The molecule has 0 aliphatic carbocycles. The molecule has 0 saturated heterocycles. The summed E-state index contributed by atoms with van der Waals surface area (Å²) in [5.41, 5.74) is 0. The van der Waals surface area contributed by atoms with Crippen LogP contribution in [-0.2, 0) is 44.3 Å². The average molecular weight is 346 g/mol. The molecule has 40 valence electrons. The van der Waals surface area contributed by atoms with Crippen molar-refractivity contribution in [3.05, 3.63) is 0 Å². The van der Waals surface area contributed by atoms with Crippen molar-refractivity contribution in [1.82, 2.24) is 0 Å². The van der Waals surface area contributed by atoms with Crippen LogP contribution in [0.5, 0.6) is 0 Å². The molecular weight excluding hydrogens is 340 g/mol. The summed E-state index contributed by atoms with van der Waals surface area (Å²) in [6, 6.07) is 0. The van der Waals surface area contributed by atoms with Crippen LogP contribution >= 0.6 is 0 Å². The minimum atomic E-state index is -5.00. The molecule has 0 aromatic carbocycles. The largest absolute Gasteiger partial charge is 0 e. The van der Waals surface area contributed by atoms with Crippen molar-refractivity contribution in [2.45, 2.75) is 0 Å². The van der Waals surface area contributed by atoms with Gasteiger partial charge in [-0.25, -0.2) is 0 Å². The topological polar surface area (TPSA) is 80.9 Å². The Labute approximate surface area is 105 Å². The van der Waals surface area contributed by atoms with E-state index in [0.29, 0.717) is 0 Å². The first kappa shape index (κ1) is 16.5. The maximum atomic E-state index is 7.38. The Balaban J connectivity index is -0.0000000800. The van der Waals surface area contributed by atoms with Crippen LogP contribution in [0, 0.1) is 0 Å². The van der Waals surface area contributed by atoms with E-state index in [4.69, 9.17) is 14.8 Å². The number of hydrogen-bond acceptors (Lipinski definition) is 4. The molecule has 0 spiro atoms. The van der Waals surface area contributed by atoms with Gasteiger partial charge in [-0.1, -0.05) is 0 Å². The quantitative estimate of drug-likeness (QED) is 0.349. The normalized spacial score (nSPS) is 8.57. The number of hydrogen-bond donors (Lipinski definition) is 4. The summed E-state index contributed by atoms with van der Waals surface area (Å²) >= 11 is -5.00. The van der Waals surface area contributed by atoms with E-state index in [1.54, 1.807) is 0 Å². The van der Waals surface area contributed by atoms with E-state index in [9.17, 15) is 0 Å². The summed E-state index contributed by atoms with van der Waals surface area (Å²) in [5, 5.41) is 0. The number of rotatable bonds is 0. The first-order valence-electron chi connectivity index (χ1n) is 0.894. The zero-order valence-electron chi connectivity index (χ0n) is 2.79. The van der Waals surface area contributed by atoms with Gasteiger partial charge >= 0.3 is 81.8 Å². The van der Waals surface area contributed by atoms with E-state index in [0.717, 1.165) is 0 Å². The van der Waals surface area contributed by atoms with Gasteiger partial charge in [-0.3, -0.25) is 0 Å². The third-order valence-electron chi connectivity index (χ3n) is 0. The fourth-order valence-corrected chi connectivity index (χ4v) is 0. The second-order valence-electron chi connectivity index (χ2n) is 0.600. The van der Waals surface area contributed by atoms with Crippen LogP contribution in [0.4, 0.5) is 0 Å². The Morgan fingerprint density at radius 3 is 0.857 bits per heavy atom. The standard InChI is InChI=1S/Ba.4H2O.Ti.Zr.2H/h;4*1H2;;;;/q;;;;;+4;;;/p-4. The molecule has 7 heteroatoms. The van der Waals surface area contributed by atoms with Gasteiger partial charge in [-0.05, 0) is 0 Å². The van der Waals surface area contributed by atoms with Crippen LogP contribution in [0.15, 0.2) is 0 Å². The Morgan fingerprint density at radius 1 is 0.857 bits per heavy atom. The summed E-state index contributed by atoms with van der Waals surface area (Å²) < 4.78 is 29.5. The van der Waals surface area contributed by atoms with Crippen LogP contribution in [0.25, 0.3) is 0 Å². The van der Waals surface area contributed by atoms with Crippen molar-refractivity contribution in [1.29, 1.82) is 0 Å². The van der Waals surface area contributed by atoms with E-state index >= 15 is 0 Å². The molecule has 0 aromatic rings. The average Bonchev–Trinajstić information content (AvgIpc) is 0.722. The van der Waals surface area contributed by atoms with Gasteiger partial charge in [-0.15, -0.1) is 0 Å². The van der Waals surface area contributed by atoms with Crippen LogP contribution in [-0.4, -0.2) is 63.6 Å². The molecule has 0 bridgehead atoms. The maximum absolute atomic E-state index is 7.38. The van der Waals surface area contributed by atoms with Gasteiger partial charge in [0.1, 0.15) is 0 Å². The SMILES string of the molecule is [BaH2].[OH][Ti]([OH])([OH])[OH].[Zr]. The third-order valence-corrected chi connectivity index (χ3v) is 0. The second-order valence-corrected chi connectivity index (χ2v) is 2.47. The van der Waals surface area contributed by atoms with Crippen molar-refractivity contribution in [2.24, 2.45) is 0 Å². The Morgan fingerprint density at radius 2 is 0.857 bits per heavy atom. The molecule has 4 N–H and O–H groups in total. The van der Waals surface area contributed by atoms with Crippen LogP contribution in [0.1, 0.15) is 0 Å². The molecular formula is H6BaO4TiZr. The molecule has 0 heterocycles. The van der Waals surface area contributed by atoms with Gasteiger partial charge in [0.15, 0.2) is 0 Å². The van der Waals surface area contributed by atoms with Crippen molar-refractivity contribution in [2.75, 3.05) is 0 Å². The van der Waals surface area contributed by atoms with Gasteiger partial charge in [0.05, 0.1) is 0 Å². The second kappa shape index (κ2) is 7.12. The molecule has 0 aliphatic heterocycles. The summed E-state index contributed by atoms with van der Waals surface area (Å²) in [6.45, 7) is 0. The summed E-state index contributed by atoms with van der Waals surface area (Å²) in [4.78, 5) is 0. The molecule has 0 atom stereocenters. The fourth-order valence-electron chi connectivity index (χ4n) is 0. The summed E-state index contributed by atoms with van der Waals surface area (Å²) in [6.07, 6.45) is 0. The van der Waals surface area contributed by atoms with Crippen molar-refractivity contribution in [3.63, 3.8) is 0 Å². The molecule has 0 unspecified atom stereocenters. The molecule has 4 nitrogen and oxygen atoms in total. The summed E-state index contributed by atoms with van der Waals surface area (Å²) in [7, 11) is 0. The van der Waals surface area contributed by atoms with Crippen molar-refractivity contribution < 1.29 is 59.1 Å². The predicted molar refractivity (Wildman–Crippen MR) is 17.4 cm³/mol. The zero-order chi connectivity index (χ0) is 4.50. The molecule has 0 saturated carbocycles. The van der Waals surface area contributed by atoms with Gasteiger partial charge in [-0.2, -0.15) is 0 Å². The minimum Gasteiger partial charge on any atom is 0 e.